The maximum atomic E-state index is 12.6. The van der Waals surface area contributed by atoms with Crippen molar-refractivity contribution in [1.82, 2.24) is 19.4 Å². The maximum absolute atomic E-state index is 12.6. The van der Waals surface area contributed by atoms with Crippen LogP contribution in [0.5, 0.6) is 0 Å². The number of pyridine rings is 1. The van der Waals surface area contributed by atoms with Crippen molar-refractivity contribution in [3.63, 3.8) is 0 Å². The van der Waals surface area contributed by atoms with Gasteiger partial charge < -0.3 is 5.32 Å². The number of nitrogens with zero attached hydrogens (tertiary/aromatic N) is 3. The normalized spacial score (nSPS) is 12.4. The van der Waals surface area contributed by atoms with Gasteiger partial charge in [0.25, 0.3) is 11.5 Å². The molecule has 1 amide bonds. The summed E-state index contributed by atoms with van der Waals surface area (Å²) in [5.74, 6) is -0.329. The monoisotopic (exact) mass is 346 g/mol. The first-order valence-electron chi connectivity index (χ1n) is 8.22. The van der Waals surface area contributed by atoms with Crippen LogP contribution in [0, 0.1) is 5.41 Å². The number of nitrogens with one attached hydrogen (secondary N) is 1. The molecule has 2 aromatic rings. The second-order valence-corrected chi connectivity index (χ2v) is 8.35. The van der Waals surface area contributed by atoms with Crippen molar-refractivity contribution in [3.05, 3.63) is 38.7 Å². The fourth-order valence-electron chi connectivity index (χ4n) is 3.32. The minimum absolute atomic E-state index is 0.0592. The molecule has 2 aromatic heterocycles. The zero-order valence-electron chi connectivity index (χ0n) is 15.9. The van der Waals surface area contributed by atoms with E-state index in [0.29, 0.717) is 5.39 Å². The van der Waals surface area contributed by atoms with Gasteiger partial charge in [-0.1, -0.05) is 20.8 Å². The molecule has 0 saturated carbocycles. The van der Waals surface area contributed by atoms with E-state index in [0.717, 1.165) is 11.0 Å². The summed E-state index contributed by atoms with van der Waals surface area (Å²) >= 11 is 0. The summed E-state index contributed by atoms with van der Waals surface area (Å²) in [5.41, 5.74) is -0.873. The number of hydrogen-bond donors (Lipinski definition) is 1. The molecule has 0 unspecified atom stereocenters. The molecule has 0 fully saturated rings. The third-order valence-corrected chi connectivity index (χ3v) is 3.96. The van der Waals surface area contributed by atoms with E-state index in [9.17, 15) is 14.4 Å². The smallest absolute Gasteiger partial charge is 0.332 e. The van der Waals surface area contributed by atoms with Crippen LogP contribution >= 0.6 is 0 Å². The largest absolute Gasteiger partial charge is 0.346 e. The van der Waals surface area contributed by atoms with Gasteiger partial charge >= 0.3 is 5.69 Å². The molecule has 0 aliphatic carbocycles. The first-order valence-corrected chi connectivity index (χ1v) is 8.22. The molecule has 0 radical (unpaired) electrons. The summed E-state index contributed by atoms with van der Waals surface area (Å²) in [6, 6.07) is 3.05. The minimum atomic E-state index is -0.476. The summed E-state index contributed by atoms with van der Waals surface area (Å²) in [6.45, 7) is 10.3. The molecule has 1 N–H and O–H groups in total. The van der Waals surface area contributed by atoms with Crippen LogP contribution in [0.15, 0.2) is 21.7 Å². The molecule has 0 saturated heterocycles. The van der Waals surface area contributed by atoms with Gasteiger partial charge in [-0.05, 0) is 37.8 Å². The lowest BCUT2D eigenvalue weighted by atomic mass is 9.82. The van der Waals surface area contributed by atoms with E-state index < -0.39 is 16.8 Å². The fourth-order valence-corrected chi connectivity index (χ4v) is 3.32. The molecular weight excluding hydrogens is 320 g/mol. The molecular formula is C18H26N4O3. The summed E-state index contributed by atoms with van der Waals surface area (Å²) in [6.07, 6.45) is 0.790. The highest BCUT2D eigenvalue weighted by Gasteiger charge is 2.28. The lowest BCUT2D eigenvalue weighted by Gasteiger charge is -2.33. The van der Waals surface area contributed by atoms with Crippen molar-refractivity contribution in [2.24, 2.45) is 19.5 Å². The average molecular weight is 346 g/mol. The summed E-state index contributed by atoms with van der Waals surface area (Å²) in [5, 5.41) is 3.28. The molecule has 2 heterocycles. The highest BCUT2D eigenvalue weighted by atomic mass is 16.2. The Kier molecular flexibility index (Phi) is 4.63. The highest BCUT2D eigenvalue weighted by Crippen LogP contribution is 2.27. The predicted molar refractivity (Wildman–Crippen MR) is 97.8 cm³/mol. The van der Waals surface area contributed by atoms with Crippen molar-refractivity contribution in [2.75, 3.05) is 0 Å². The number of aromatic nitrogens is 3. The van der Waals surface area contributed by atoms with Gasteiger partial charge in [0.15, 0.2) is 0 Å². The van der Waals surface area contributed by atoms with Crippen molar-refractivity contribution < 1.29 is 4.79 Å². The van der Waals surface area contributed by atoms with Crippen molar-refractivity contribution in [2.45, 2.75) is 46.6 Å². The number of amides is 1. The summed E-state index contributed by atoms with van der Waals surface area (Å²) in [4.78, 5) is 41.1. The predicted octanol–water partition coefficient (Wildman–Crippen LogP) is 1.58. The topological polar surface area (TPSA) is 86.0 Å². The fraction of sp³-hybridized carbons (Fsp3) is 0.556. The molecule has 2 rings (SSSR count). The quantitative estimate of drug-likeness (QED) is 0.914. The Morgan fingerprint density at radius 2 is 1.68 bits per heavy atom. The second-order valence-electron chi connectivity index (χ2n) is 8.35. The first kappa shape index (κ1) is 18.9. The number of fused-ring (bicyclic) bond motifs is 1. The number of hydrogen-bond acceptors (Lipinski definition) is 4. The Labute approximate surface area is 146 Å². The Morgan fingerprint density at radius 1 is 1.08 bits per heavy atom. The van der Waals surface area contributed by atoms with Gasteiger partial charge in [0.05, 0.1) is 5.39 Å². The van der Waals surface area contributed by atoms with E-state index in [4.69, 9.17) is 0 Å². The van der Waals surface area contributed by atoms with Gasteiger partial charge in [0.2, 0.25) is 0 Å². The third kappa shape index (κ3) is 3.97. The summed E-state index contributed by atoms with van der Waals surface area (Å²) in [7, 11) is 2.95. The van der Waals surface area contributed by atoms with Crippen molar-refractivity contribution >= 4 is 16.9 Å². The second kappa shape index (κ2) is 6.13. The van der Waals surface area contributed by atoms with Gasteiger partial charge in [0.1, 0.15) is 11.3 Å². The van der Waals surface area contributed by atoms with Crippen LogP contribution in [0.2, 0.25) is 0 Å². The van der Waals surface area contributed by atoms with Crippen LogP contribution in [0.1, 0.15) is 51.5 Å². The molecule has 7 nitrogen and oxygen atoms in total. The van der Waals surface area contributed by atoms with Crippen LogP contribution < -0.4 is 16.6 Å². The Morgan fingerprint density at radius 3 is 2.24 bits per heavy atom. The van der Waals surface area contributed by atoms with E-state index in [1.54, 1.807) is 0 Å². The molecule has 7 heteroatoms. The van der Waals surface area contributed by atoms with Gasteiger partial charge in [-0.15, -0.1) is 0 Å². The van der Waals surface area contributed by atoms with E-state index in [2.05, 4.69) is 31.1 Å². The molecule has 25 heavy (non-hydrogen) atoms. The van der Waals surface area contributed by atoms with Gasteiger partial charge in [-0.2, -0.15) is 0 Å². The van der Waals surface area contributed by atoms with Gasteiger partial charge in [-0.3, -0.25) is 18.7 Å². The number of aryl methyl sites for hydroxylation is 1. The number of carbonyl (C=O) groups is 1. The molecule has 0 aliphatic heterocycles. The lowest BCUT2D eigenvalue weighted by molar-refractivity contribution is 0.0886. The zero-order chi connectivity index (χ0) is 19.2. The third-order valence-electron chi connectivity index (χ3n) is 3.96. The van der Waals surface area contributed by atoms with Gasteiger partial charge in [-0.25, -0.2) is 9.78 Å². The lowest BCUT2D eigenvalue weighted by Crippen LogP contribution is -2.46. The van der Waals surface area contributed by atoms with E-state index >= 15 is 0 Å². The van der Waals surface area contributed by atoms with Crippen LogP contribution in [0.3, 0.4) is 0 Å². The van der Waals surface area contributed by atoms with Crippen LogP contribution in [0.4, 0.5) is 0 Å². The molecule has 0 bridgehead atoms. The number of rotatable bonds is 3. The molecule has 0 atom stereocenters. The Bertz CT molecular complexity index is 946. The molecule has 0 aromatic carbocycles. The molecule has 136 valence electrons. The first-order chi connectivity index (χ1) is 11.3. The minimum Gasteiger partial charge on any atom is -0.346 e. The average Bonchev–Trinajstić information content (AvgIpc) is 2.47. The van der Waals surface area contributed by atoms with Crippen LogP contribution in [-0.2, 0) is 14.1 Å². The van der Waals surface area contributed by atoms with E-state index in [-0.39, 0.29) is 22.7 Å². The Hall–Kier alpha value is -2.44. The van der Waals surface area contributed by atoms with Crippen LogP contribution in [-0.4, -0.2) is 25.6 Å². The Balaban J connectivity index is 2.44. The number of carbonyl (C=O) groups excluding carboxylic acids is 1. The van der Waals surface area contributed by atoms with E-state index in [1.165, 1.54) is 30.8 Å². The SMILES string of the molecule is Cn1c(=O)c2ccc(C(=O)NC(C)(C)CC(C)(C)C)nc2n(C)c1=O. The highest BCUT2D eigenvalue weighted by molar-refractivity contribution is 5.94. The van der Waals surface area contributed by atoms with Gasteiger partial charge in [0, 0.05) is 19.6 Å². The zero-order valence-corrected chi connectivity index (χ0v) is 15.9. The van der Waals surface area contributed by atoms with Crippen molar-refractivity contribution in [1.29, 1.82) is 0 Å². The maximum Gasteiger partial charge on any atom is 0.332 e. The standard InChI is InChI=1S/C18H26N4O3/c1-17(2,3)10-18(4,5)20-14(23)12-9-8-11-13(19-12)21(6)16(25)22(7)15(11)24/h8-9H,10H2,1-7H3,(H,20,23). The van der Waals surface area contributed by atoms with Crippen LogP contribution in [0.25, 0.3) is 11.0 Å². The summed E-state index contributed by atoms with van der Waals surface area (Å²) < 4.78 is 2.30. The molecule has 0 spiro atoms. The van der Waals surface area contributed by atoms with Crippen molar-refractivity contribution in [3.8, 4) is 0 Å². The molecule has 0 aliphatic rings. The van der Waals surface area contributed by atoms with E-state index in [1.807, 2.05) is 13.8 Å².